The fourth-order valence-corrected chi connectivity index (χ4v) is 4.17. The summed E-state index contributed by atoms with van der Waals surface area (Å²) in [5, 5.41) is 0. The van der Waals surface area contributed by atoms with Gasteiger partial charge in [0.15, 0.2) is 0 Å². The van der Waals surface area contributed by atoms with Gasteiger partial charge in [-0.05, 0) is 62.7 Å². The molecule has 4 nitrogen and oxygen atoms in total. The average molecular weight is 276 g/mol. The van der Waals surface area contributed by atoms with Crippen LogP contribution >= 0.6 is 0 Å². The second-order valence-corrected chi connectivity index (χ2v) is 7.16. The topological polar surface area (TPSA) is 40.6 Å². The lowest BCUT2D eigenvalue weighted by molar-refractivity contribution is -0.158. The molecule has 2 heterocycles. The molecule has 0 N–H and O–H groups in total. The first kappa shape index (κ1) is 12.7. The highest BCUT2D eigenvalue weighted by atomic mass is 16.2. The predicted octanol–water partition coefficient (Wildman–Crippen LogP) is 1.65. The van der Waals surface area contributed by atoms with E-state index in [0.717, 1.165) is 44.2 Å². The van der Waals surface area contributed by atoms with Crippen LogP contribution < -0.4 is 0 Å². The Labute approximate surface area is 120 Å². The van der Waals surface area contributed by atoms with E-state index < -0.39 is 0 Å². The van der Waals surface area contributed by atoms with Gasteiger partial charge >= 0.3 is 0 Å². The van der Waals surface area contributed by atoms with Gasteiger partial charge in [0.2, 0.25) is 11.8 Å². The number of nitrogens with zero attached hydrogens (tertiary/aromatic N) is 2. The summed E-state index contributed by atoms with van der Waals surface area (Å²) in [6, 6.07) is -0.135. The van der Waals surface area contributed by atoms with Crippen molar-refractivity contribution in [3.63, 3.8) is 0 Å². The first-order valence-corrected chi connectivity index (χ1v) is 8.32. The van der Waals surface area contributed by atoms with Crippen LogP contribution in [0.15, 0.2) is 0 Å². The van der Waals surface area contributed by atoms with Gasteiger partial charge in [-0.1, -0.05) is 0 Å². The average Bonchev–Trinajstić information content (AvgIpc) is 3.34. The number of carbonyl (C=O) groups excluding carboxylic acids is 2. The van der Waals surface area contributed by atoms with Crippen molar-refractivity contribution in [3.8, 4) is 0 Å². The van der Waals surface area contributed by atoms with E-state index in [1.54, 1.807) is 0 Å². The second-order valence-electron chi connectivity index (χ2n) is 7.16. The Morgan fingerprint density at radius 2 is 1.70 bits per heavy atom. The molecule has 2 saturated carbocycles. The standard InChI is InChI=1S/C16H24N2O2/c19-15-10-17(9-13(11-4-5-11)12-6-7-12)16(20)14-3-1-2-8-18(14)15/h11-14H,1-10H2. The number of hydrogen-bond acceptors (Lipinski definition) is 2. The number of amides is 2. The summed E-state index contributed by atoms with van der Waals surface area (Å²) in [7, 11) is 0. The fraction of sp³-hybridized carbons (Fsp3) is 0.875. The molecular weight excluding hydrogens is 252 g/mol. The van der Waals surface area contributed by atoms with Crippen LogP contribution in [-0.2, 0) is 9.59 Å². The first-order valence-electron chi connectivity index (χ1n) is 8.32. The van der Waals surface area contributed by atoms with Crippen LogP contribution in [0, 0.1) is 17.8 Å². The Morgan fingerprint density at radius 1 is 1.00 bits per heavy atom. The Hall–Kier alpha value is -1.06. The largest absolute Gasteiger partial charge is 0.331 e. The third-order valence-corrected chi connectivity index (χ3v) is 5.63. The summed E-state index contributed by atoms with van der Waals surface area (Å²) in [6.07, 6.45) is 8.38. The molecule has 2 aliphatic carbocycles. The van der Waals surface area contributed by atoms with Crippen LogP contribution in [0.2, 0.25) is 0 Å². The van der Waals surface area contributed by atoms with Crippen molar-refractivity contribution in [2.45, 2.75) is 51.0 Å². The number of piperazine rings is 1. The van der Waals surface area contributed by atoms with Gasteiger partial charge in [-0.25, -0.2) is 0 Å². The molecule has 1 unspecified atom stereocenters. The lowest BCUT2D eigenvalue weighted by Crippen LogP contribution is -2.61. The van der Waals surface area contributed by atoms with E-state index in [1.165, 1.54) is 25.7 Å². The zero-order valence-electron chi connectivity index (χ0n) is 12.1. The minimum atomic E-state index is -0.135. The molecule has 1 atom stereocenters. The highest BCUT2D eigenvalue weighted by molar-refractivity contribution is 5.95. The monoisotopic (exact) mass is 276 g/mol. The van der Waals surface area contributed by atoms with Crippen molar-refractivity contribution in [1.82, 2.24) is 9.80 Å². The summed E-state index contributed by atoms with van der Waals surface area (Å²) in [5.74, 6) is 2.78. The molecule has 0 aromatic rings. The smallest absolute Gasteiger partial charge is 0.245 e. The lowest BCUT2D eigenvalue weighted by atomic mass is 9.94. The number of hydrogen-bond donors (Lipinski definition) is 0. The van der Waals surface area contributed by atoms with Crippen LogP contribution in [0.5, 0.6) is 0 Å². The minimum Gasteiger partial charge on any atom is -0.331 e. The van der Waals surface area contributed by atoms with E-state index >= 15 is 0 Å². The van der Waals surface area contributed by atoms with Gasteiger partial charge in [-0.3, -0.25) is 9.59 Å². The predicted molar refractivity (Wildman–Crippen MR) is 74.9 cm³/mol. The Morgan fingerprint density at radius 3 is 2.35 bits per heavy atom. The SMILES string of the molecule is O=C1C2CCCCN2C(=O)CN1CC(C1CC1)C1CC1. The molecular formula is C16H24N2O2. The normalized spacial score (nSPS) is 30.9. The van der Waals surface area contributed by atoms with Gasteiger partial charge < -0.3 is 9.80 Å². The van der Waals surface area contributed by atoms with Crippen molar-refractivity contribution in [2.75, 3.05) is 19.6 Å². The minimum absolute atomic E-state index is 0.135. The van der Waals surface area contributed by atoms with Gasteiger partial charge in [0.25, 0.3) is 0 Å². The molecule has 110 valence electrons. The second kappa shape index (κ2) is 4.74. The van der Waals surface area contributed by atoms with Crippen molar-refractivity contribution in [2.24, 2.45) is 17.8 Å². The van der Waals surface area contributed by atoms with E-state index in [2.05, 4.69) is 0 Å². The molecule has 2 aliphatic heterocycles. The third-order valence-electron chi connectivity index (χ3n) is 5.63. The molecule has 4 aliphatic rings. The van der Waals surface area contributed by atoms with Crippen molar-refractivity contribution in [1.29, 1.82) is 0 Å². The molecule has 0 aromatic carbocycles. The number of carbonyl (C=O) groups is 2. The van der Waals surface area contributed by atoms with E-state index in [9.17, 15) is 9.59 Å². The summed E-state index contributed by atoms with van der Waals surface area (Å²) >= 11 is 0. The molecule has 0 radical (unpaired) electrons. The Bertz CT molecular complexity index is 416. The highest BCUT2D eigenvalue weighted by Gasteiger charge is 2.46. The zero-order chi connectivity index (χ0) is 13.7. The van der Waals surface area contributed by atoms with Crippen LogP contribution in [0.4, 0.5) is 0 Å². The molecule has 4 fully saturated rings. The number of rotatable bonds is 4. The summed E-state index contributed by atoms with van der Waals surface area (Å²) in [6.45, 7) is 1.98. The molecule has 20 heavy (non-hydrogen) atoms. The number of piperidine rings is 1. The maximum Gasteiger partial charge on any atom is 0.245 e. The number of fused-ring (bicyclic) bond motifs is 1. The lowest BCUT2D eigenvalue weighted by Gasteiger charge is -2.43. The Kier molecular flexibility index (Phi) is 3.00. The van der Waals surface area contributed by atoms with Crippen LogP contribution in [0.1, 0.15) is 44.9 Å². The molecule has 0 aromatic heterocycles. The van der Waals surface area contributed by atoms with Gasteiger partial charge in [0, 0.05) is 13.1 Å². The maximum absolute atomic E-state index is 12.7. The fourth-order valence-electron chi connectivity index (χ4n) is 4.17. The first-order chi connectivity index (χ1) is 9.74. The Balaban J connectivity index is 1.47. The van der Waals surface area contributed by atoms with Crippen LogP contribution in [0.25, 0.3) is 0 Å². The van der Waals surface area contributed by atoms with E-state index in [-0.39, 0.29) is 17.9 Å². The molecule has 4 heteroatoms. The summed E-state index contributed by atoms with van der Waals surface area (Å²) in [4.78, 5) is 28.7. The van der Waals surface area contributed by atoms with Crippen LogP contribution in [0.3, 0.4) is 0 Å². The van der Waals surface area contributed by atoms with Gasteiger partial charge in [0.1, 0.15) is 6.04 Å². The third kappa shape index (κ3) is 2.23. The van der Waals surface area contributed by atoms with Gasteiger partial charge in [-0.15, -0.1) is 0 Å². The molecule has 2 amide bonds. The molecule has 0 spiro atoms. The summed E-state index contributed by atoms with van der Waals surface area (Å²) in [5.41, 5.74) is 0. The van der Waals surface area contributed by atoms with E-state index in [0.29, 0.717) is 12.5 Å². The molecule has 0 bridgehead atoms. The maximum atomic E-state index is 12.7. The molecule has 2 saturated heterocycles. The van der Waals surface area contributed by atoms with Crippen LogP contribution in [-0.4, -0.2) is 47.3 Å². The summed E-state index contributed by atoms with van der Waals surface area (Å²) < 4.78 is 0. The molecule has 4 rings (SSSR count). The zero-order valence-corrected chi connectivity index (χ0v) is 12.1. The van der Waals surface area contributed by atoms with Crippen molar-refractivity contribution < 1.29 is 9.59 Å². The van der Waals surface area contributed by atoms with Gasteiger partial charge in [0.05, 0.1) is 6.54 Å². The quantitative estimate of drug-likeness (QED) is 0.783. The highest BCUT2D eigenvalue weighted by Crippen LogP contribution is 2.49. The van der Waals surface area contributed by atoms with Crippen molar-refractivity contribution >= 4 is 11.8 Å². The van der Waals surface area contributed by atoms with Crippen molar-refractivity contribution in [3.05, 3.63) is 0 Å². The van der Waals surface area contributed by atoms with E-state index in [1.807, 2.05) is 9.80 Å². The van der Waals surface area contributed by atoms with E-state index in [4.69, 9.17) is 0 Å². The van der Waals surface area contributed by atoms with Gasteiger partial charge in [-0.2, -0.15) is 0 Å².